The van der Waals surface area contributed by atoms with Crippen LogP contribution in [-0.2, 0) is 30.8 Å². The molecule has 0 radical (unpaired) electrons. The van der Waals surface area contributed by atoms with E-state index in [1.165, 1.54) is 18.5 Å². The maximum absolute atomic E-state index is 13.5. The molecule has 3 heterocycles. The molecule has 0 aliphatic heterocycles. The largest absolute Gasteiger partial charge is 0.490 e. The summed E-state index contributed by atoms with van der Waals surface area (Å²) in [5, 5.41) is 45.8. The van der Waals surface area contributed by atoms with Crippen LogP contribution in [-0.4, -0.2) is 96.2 Å². The van der Waals surface area contributed by atoms with Crippen LogP contribution in [0.5, 0.6) is 5.75 Å². The lowest BCUT2D eigenvalue weighted by atomic mass is 9.95. The van der Waals surface area contributed by atoms with Gasteiger partial charge in [0.25, 0.3) is 0 Å². The van der Waals surface area contributed by atoms with Gasteiger partial charge < -0.3 is 30.5 Å². The van der Waals surface area contributed by atoms with E-state index >= 15 is 0 Å². The number of rotatable bonds is 13. The average molecular weight is 753 g/mol. The van der Waals surface area contributed by atoms with E-state index in [0.29, 0.717) is 48.3 Å². The molecule has 5 aromatic rings. The van der Waals surface area contributed by atoms with Gasteiger partial charge in [0, 0.05) is 41.5 Å². The molecule has 0 unspecified atom stereocenters. The SMILES string of the molecule is O=C(O)C(F)(F)F.OCCN(CCO)C[C@@H](O)Cn1ncc2c1CCc1c-2sc2ncnc(Nc3ccc(OCc4cccc(F)c4)c(Cl)c3)c12. The number of aryl methyl sites for hydroxylation is 1. The third-order valence-corrected chi connectivity index (χ3v) is 9.27. The van der Waals surface area contributed by atoms with Crippen LogP contribution in [0.2, 0.25) is 5.02 Å². The zero-order chi connectivity index (χ0) is 36.7. The van der Waals surface area contributed by atoms with E-state index < -0.39 is 18.2 Å². The number of aromatic nitrogens is 4. The lowest BCUT2D eigenvalue weighted by Crippen LogP contribution is -2.38. The standard InChI is InChI=1S/C31H32ClFN6O4S.C2HF3O2/c32-25-13-21(4-7-27(25)43-17-19-2-1-3-20(33)12-19)37-30-28-23-5-6-26-24(29(23)44-31(28)35-18-34-30)14-36-39(26)16-22(42)15-38(8-10-40)9-11-41;3-2(4,5)1(6)7/h1-4,7,12-14,18,22,40-42H,5-6,8-11,15-17H2,(H,34,35,37);(H,6,7)/t22-;/m1./s1. The molecule has 18 heteroatoms. The molecular weight excluding hydrogens is 720 g/mol. The topological polar surface area (TPSA) is 166 Å². The molecule has 0 saturated carbocycles. The van der Waals surface area contributed by atoms with E-state index in [9.17, 15) is 32.9 Å². The Kier molecular flexibility index (Phi) is 12.4. The molecule has 12 nitrogen and oxygen atoms in total. The molecule has 3 aromatic heterocycles. The van der Waals surface area contributed by atoms with Crippen molar-refractivity contribution in [3.05, 3.63) is 82.6 Å². The van der Waals surface area contributed by atoms with E-state index in [0.717, 1.165) is 50.4 Å². The number of carboxylic acids is 1. The van der Waals surface area contributed by atoms with Crippen LogP contribution in [0.25, 0.3) is 20.7 Å². The minimum absolute atomic E-state index is 0.0386. The van der Waals surface area contributed by atoms with Gasteiger partial charge in [0.2, 0.25) is 0 Å². The number of nitrogens with one attached hydrogen (secondary N) is 1. The number of fused-ring (bicyclic) bond motifs is 5. The van der Waals surface area contributed by atoms with Gasteiger partial charge in [-0.1, -0.05) is 23.7 Å². The Balaban J connectivity index is 0.000000654. The summed E-state index contributed by atoms with van der Waals surface area (Å²) in [5.41, 5.74) is 4.68. The molecular formula is C33H33ClF4N6O6S. The van der Waals surface area contributed by atoms with Crippen LogP contribution in [0.1, 0.15) is 16.8 Å². The molecule has 0 spiro atoms. The molecule has 1 aliphatic rings. The molecule has 6 rings (SSSR count). The normalized spacial score (nSPS) is 13.0. The Morgan fingerprint density at radius 1 is 1.12 bits per heavy atom. The van der Waals surface area contributed by atoms with E-state index in [1.54, 1.807) is 35.6 Å². The fraction of sp³-hybridized carbons (Fsp3) is 0.333. The van der Waals surface area contributed by atoms with Crippen LogP contribution in [0.15, 0.2) is 55.0 Å². The van der Waals surface area contributed by atoms with Gasteiger partial charge in [0.05, 0.1) is 42.5 Å². The zero-order valence-corrected chi connectivity index (χ0v) is 28.3. The first kappa shape index (κ1) is 37.9. The second-order valence-corrected chi connectivity index (χ2v) is 12.8. The number of halogens is 5. The van der Waals surface area contributed by atoms with Crippen LogP contribution in [0.3, 0.4) is 0 Å². The number of ether oxygens (including phenoxy) is 1. The number of aliphatic hydroxyl groups excluding tert-OH is 3. The number of benzene rings is 2. The third kappa shape index (κ3) is 9.49. The molecule has 0 bridgehead atoms. The maximum Gasteiger partial charge on any atom is 0.490 e. The Labute approximate surface area is 297 Å². The number of hydrogen-bond donors (Lipinski definition) is 5. The molecule has 51 heavy (non-hydrogen) atoms. The van der Waals surface area contributed by atoms with Crippen LogP contribution in [0, 0.1) is 5.82 Å². The predicted molar refractivity (Wildman–Crippen MR) is 182 cm³/mol. The summed E-state index contributed by atoms with van der Waals surface area (Å²) in [7, 11) is 0. The van der Waals surface area contributed by atoms with Crippen LogP contribution >= 0.6 is 22.9 Å². The smallest absolute Gasteiger partial charge is 0.487 e. The molecule has 1 aliphatic carbocycles. The van der Waals surface area contributed by atoms with E-state index in [1.807, 2.05) is 21.8 Å². The van der Waals surface area contributed by atoms with Crippen molar-refractivity contribution in [1.82, 2.24) is 24.6 Å². The van der Waals surface area contributed by atoms with Gasteiger partial charge in [-0.3, -0.25) is 9.58 Å². The highest BCUT2D eigenvalue weighted by molar-refractivity contribution is 7.22. The molecule has 0 amide bonds. The summed E-state index contributed by atoms with van der Waals surface area (Å²) >= 11 is 8.13. The van der Waals surface area contributed by atoms with Crippen LogP contribution < -0.4 is 10.1 Å². The van der Waals surface area contributed by atoms with Crippen molar-refractivity contribution in [3.8, 4) is 16.2 Å². The highest BCUT2D eigenvalue weighted by Crippen LogP contribution is 2.45. The molecule has 272 valence electrons. The first-order valence-electron chi connectivity index (χ1n) is 15.5. The number of carboxylic acid groups (broad SMARTS) is 1. The summed E-state index contributed by atoms with van der Waals surface area (Å²) in [4.78, 5) is 21.8. The molecule has 1 atom stereocenters. The number of nitrogens with zero attached hydrogens (tertiary/aromatic N) is 5. The number of alkyl halides is 3. The second kappa shape index (κ2) is 16.8. The Bertz CT molecular complexity index is 1970. The fourth-order valence-electron chi connectivity index (χ4n) is 5.56. The lowest BCUT2D eigenvalue weighted by Gasteiger charge is -2.24. The predicted octanol–water partition coefficient (Wildman–Crippen LogP) is 5.05. The van der Waals surface area contributed by atoms with Gasteiger partial charge in [0.1, 0.15) is 35.1 Å². The number of aliphatic hydroxyl groups is 3. The summed E-state index contributed by atoms with van der Waals surface area (Å²) in [6, 6.07) is 11.6. The monoisotopic (exact) mass is 752 g/mol. The zero-order valence-electron chi connectivity index (χ0n) is 26.8. The Morgan fingerprint density at radius 2 is 1.86 bits per heavy atom. The highest BCUT2D eigenvalue weighted by atomic mass is 35.5. The quantitative estimate of drug-likeness (QED) is 0.102. The summed E-state index contributed by atoms with van der Waals surface area (Å²) in [6.07, 6.45) is -0.892. The van der Waals surface area contributed by atoms with Crippen molar-refractivity contribution in [2.24, 2.45) is 0 Å². The molecule has 0 saturated heterocycles. The van der Waals surface area contributed by atoms with Gasteiger partial charge in [-0.25, -0.2) is 19.2 Å². The van der Waals surface area contributed by atoms with Crippen molar-refractivity contribution in [1.29, 1.82) is 0 Å². The second-order valence-electron chi connectivity index (χ2n) is 11.4. The molecule has 0 fully saturated rings. The Hall–Kier alpha value is -4.39. The number of anilines is 2. The van der Waals surface area contributed by atoms with Gasteiger partial charge in [-0.05, 0) is 54.3 Å². The Morgan fingerprint density at radius 3 is 2.53 bits per heavy atom. The van der Waals surface area contributed by atoms with Gasteiger partial charge >= 0.3 is 12.1 Å². The van der Waals surface area contributed by atoms with Crippen molar-refractivity contribution in [2.45, 2.75) is 38.3 Å². The van der Waals surface area contributed by atoms with E-state index in [-0.39, 0.29) is 25.6 Å². The molecule has 5 N–H and O–H groups in total. The summed E-state index contributed by atoms with van der Waals surface area (Å²) < 4.78 is 52.9. The van der Waals surface area contributed by atoms with Crippen LogP contribution in [0.4, 0.5) is 29.1 Å². The van der Waals surface area contributed by atoms with Gasteiger partial charge in [-0.2, -0.15) is 18.3 Å². The maximum atomic E-state index is 13.5. The van der Waals surface area contributed by atoms with E-state index in [4.69, 9.17) is 26.2 Å². The third-order valence-electron chi connectivity index (χ3n) is 7.80. The first-order valence-corrected chi connectivity index (χ1v) is 16.7. The first-order chi connectivity index (χ1) is 24.4. The lowest BCUT2D eigenvalue weighted by molar-refractivity contribution is -0.192. The van der Waals surface area contributed by atoms with E-state index in [2.05, 4.69) is 20.4 Å². The van der Waals surface area contributed by atoms with Gasteiger partial charge in [-0.15, -0.1) is 11.3 Å². The molecule has 2 aromatic carbocycles. The fourth-order valence-corrected chi connectivity index (χ4v) is 7.02. The highest BCUT2D eigenvalue weighted by Gasteiger charge is 2.38. The minimum Gasteiger partial charge on any atom is -0.487 e. The number of hydrogen-bond acceptors (Lipinski definition) is 11. The van der Waals surface area contributed by atoms with Gasteiger partial charge in [0.15, 0.2) is 0 Å². The summed E-state index contributed by atoms with van der Waals surface area (Å²) in [5.74, 6) is -1.90. The van der Waals surface area contributed by atoms with Crippen molar-refractivity contribution in [2.75, 3.05) is 38.2 Å². The number of aliphatic carboxylic acids is 1. The number of carbonyl (C=O) groups is 1. The van der Waals surface area contributed by atoms with Crippen molar-refractivity contribution >= 4 is 50.6 Å². The van der Waals surface area contributed by atoms with Crippen molar-refractivity contribution < 1.29 is 47.5 Å². The minimum atomic E-state index is -5.08. The van der Waals surface area contributed by atoms with Crippen molar-refractivity contribution in [3.63, 3.8) is 0 Å². The number of thiophene rings is 1. The summed E-state index contributed by atoms with van der Waals surface area (Å²) in [6.45, 7) is 1.54. The average Bonchev–Trinajstić information content (AvgIpc) is 3.66.